The van der Waals surface area contributed by atoms with Crippen LogP contribution in [0.15, 0.2) is 25.9 Å². The van der Waals surface area contributed by atoms with Gasteiger partial charge in [0.25, 0.3) is 5.56 Å². The van der Waals surface area contributed by atoms with Crippen LogP contribution in [0.2, 0.25) is 0 Å². The molecule has 140 valence electrons. The molecule has 0 saturated carbocycles. The minimum Gasteiger partial charge on any atom is -0.463 e. The molecule has 2 heterocycles. The SMILES string of the molecule is Cc1nc2c(Br)cc(Br)cc2c(=O)n1CCOC(=O)CN1CCCCC1. The summed E-state index contributed by atoms with van der Waals surface area (Å²) < 4.78 is 8.45. The molecule has 1 aromatic heterocycles. The molecule has 0 aliphatic carbocycles. The van der Waals surface area contributed by atoms with E-state index in [1.165, 1.54) is 6.42 Å². The number of ether oxygens (including phenoxy) is 1. The first-order valence-corrected chi connectivity index (χ1v) is 10.3. The Labute approximate surface area is 168 Å². The van der Waals surface area contributed by atoms with Crippen LogP contribution in [0.3, 0.4) is 0 Å². The fourth-order valence-corrected chi connectivity index (χ4v) is 4.53. The lowest BCUT2D eigenvalue weighted by Gasteiger charge is -2.25. The minimum atomic E-state index is -0.239. The van der Waals surface area contributed by atoms with Gasteiger partial charge in [0, 0.05) is 8.95 Å². The van der Waals surface area contributed by atoms with Crippen molar-refractivity contribution < 1.29 is 9.53 Å². The van der Waals surface area contributed by atoms with Crippen LogP contribution in [-0.2, 0) is 16.1 Å². The molecule has 3 rings (SSSR count). The zero-order valence-corrected chi connectivity index (χ0v) is 17.8. The van der Waals surface area contributed by atoms with Crippen molar-refractivity contribution in [1.29, 1.82) is 0 Å². The molecule has 0 atom stereocenters. The standard InChI is InChI=1S/C18H21Br2N3O3/c1-12-21-17-14(9-13(19)10-15(17)20)18(25)23(12)7-8-26-16(24)11-22-5-3-2-4-6-22/h9-10H,2-8,11H2,1H3. The van der Waals surface area contributed by atoms with Crippen molar-refractivity contribution >= 4 is 48.7 Å². The van der Waals surface area contributed by atoms with E-state index in [0.29, 0.717) is 29.8 Å². The Bertz CT molecular complexity index is 876. The number of esters is 1. The van der Waals surface area contributed by atoms with Gasteiger partial charge in [0.05, 0.1) is 24.0 Å². The number of aryl methyl sites for hydroxylation is 1. The monoisotopic (exact) mass is 485 g/mol. The Kier molecular flexibility index (Phi) is 6.47. The van der Waals surface area contributed by atoms with Crippen molar-refractivity contribution in [1.82, 2.24) is 14.5 Å². The van der Waals surface area contributed by atoms with Crippen LogP contribution in [0.5, 0.6) is 0 Å². The summed E-state index contributed by atoms with van der Waals surface area (Å²) in [6.07, 6.45) is 3.50. The van der Waals surface area contributed by atoms with E-state index in [1.807, 2.05) is 6.07 Å². The van der Waals surface area contributed by atoms with Gasteiger partial charge in [-0.3, -0.25) is 19.1 Å². The minimum absolute atomic E-state index is 0.137. The normalized spacial score (nSPS) is 15.3. The number of hydrogen-bond acceptors (Lipinski definition) is 5. The number of halogens is 2. The van der Waals surface area contributed by atoms with Crippen LogP contribution < -0.4 is 5.56 Å². The van der Waals surface area contributed by atoms with Crippen molar-refractivity contribution in [2.75, 3.05) is 26.2 Å². The lowest BCUT2D eigenvalue weighted by atomic mass is 10.1. The van der Waals surface area contributed by atoms with Gasteiger partial charge < -0.3 is 4.74 Å². The van der Waals surface area contributed by atoms with E-state index in [2.05, 4.69) is 41.7 Å². The molecule has 1 aliphatic rings. The molecule has 0 amide bonds. The Balaban J connectivity index is 1.67. The third-order valence-electron chi connectivity index (χ3n) is 4.55. The highest BCUT2D eigenvalue weighted by Crippen LogP contribution is 2.25. The third kappa shape index (κ3) is 4.53. The van der Waals surface area contributed by atoms with Gasteiger partial charge in [-0.15, -0.1) is 0 Å². The zero-order chi connectivity index (χ0) is 18.7. The van der Waals surface area contributed by atoms with Crippen LogP contribution >= 0.6 is 31.9 Å². The number of aromatic nitrogens is 2. The molecule has 1 aromatic carbocycles. The first-order valence-electron chi connectivity index (χ1n) is 8.70. The van der Waals surface area contributed by atoms with Crippen LogP contribution in [-0.4, -0.2) is 46.7 Å². The number of benzene rings is 1. The number of piperidine rings is 1. The van der Waals surface area contributed by atoms with Crippen molar-refractivity contribution in [2.24, 2.45) is 0 Å². The zero-order valence-electron chi connectivity index (χ0n) is 14.6. The molecular formula is C18H21Br2N3O3. The fourth-order valence-electron chi connectivity index (χ4n) is 3.22. The van der Waals surface area contributed by atoms with Crippen molar-refractivity contribution in [2.45, 2.75) is 32.7 Å². The summed E-state index contributed by atoms with van der Waals surface area (Å²) >= 11 is 6.84. The second kappa shape index (κ2) is 8.63. The summed E-state index contributed by atoms with van der Waals surface area (Å²) in [6.45, 7) is 4.46. The number of rotatable bonds is 5. The van der Waals surface area contributed by atoms with E-state index < -0.39 is 0 Å². The van der Waals surface area contributed by atoms with Gasteiger partial charge in [-0.2, -0.15) is 0 Å². The Morgan fingerprint density at radius 3 is 2.69 bits per heavy atom. The van der Waals surface area contributed by atoms with Crippen molar-refractivity contribution in [3.05, 3.63) is 37.3 Å². The highest BCUT2D eigenvalue weighted by molar-refractivity contribution is 9.11. The molecule has 1 saturated heterocycles. The summed E-state index contributed by atoms with van der Waals surface area (Å²) in [6, 6.07) is 3.62. The Hall–Kier alpha value is -1.25. The van der Waals surface area contributed by atoms with Crippen molar-refractivity contribution in [3.63, 3.8) is 0 Å². The summed E-state index contributed by atoms with van der Waals surface area (Å²) in [5.41, 5.74) is 0.496. The summed E-state index contributed by atoms with van der Waals surface area (Å²) in [4.78, 5) is 31.4. The molecule has 0 N–H and O–H groups in total. The average molecular weight is 487 g/mol. The van der Waals surface area contributed by atoms with Crippen LogP contribution in [0.4, 0.5) is 0 Å². The second-order valence-electron chi connectivity index (χ2n) is 6.46. The van der Waals surface area contributed by atoms with E-state index >= 15 is 0 Å². The summed E-state index contributed by atoms with van der Waals surface area (Å²) in [5, 5.41) is 0.525. The lowest BCUT2D eigenvalue weighted by Crippen LogP contribution is -2.35. The molecule has 8 heteroatoms. The number of fused-ring (bicyclic) bond motifs is 1. The predicted octanol–water partition coefficient (Wildman–Crippen LogP) is 3.26. The Morgan fingerprint density at radius 2 is 1.96 bits per heavy atom. The molecule has 0 radical (unpaired) electrons. The number of carbonyl (C=O) groups excluding carboxylic acids is 1. The van der Waals surface area contributed by atoms with E-state index in [0.717, 1.165) is 34.9 Å². The maximum absolute atomic E-state index is 12.8. The molecule has 1 fully saturated rings. The number of nitrogens with zero attached hydrogens (tertiary/aromatic N) is 3. The topological polar surface area (TPSA) is 64.4 Å². The van der Waals surface area contributed by atoms with Gasteiger partial charge >= 0.3 is 5.97 Å². The molecule has 6 nitrogen and oxygen atoms in total. The highest BCUT2D eigenvalue weighted by Gasteiger charge is 2.15. The molecule has 0 spiro atoms. The van der Waals surface area contributed by atoms with Gasteiger partial charge in [-0.1, -0.05) is 22.4 Å². The van der Waals surface area contributed by atoms with Gasteiger partial charge in [-0.05, 0) is 60.9 Å². The number of hydrogen-bond donors (Lipinski definition) is 0. The quantitative estimate of drug-likeness (QED) is 0.607. The molecule has 26 heavy (non-hydrogen) atoms. The van der Waals surface area contributed by atoms with Gasteiger partial charge in [-0.25, -0.2) is 4.98 Å². The lowest BCUT2D eigenvalue weighted by molar-refractivity contribution is -0.145. The molecule has 0 unspecified atom stereocenters. The number of likely N-dealkylation sites (tertiary alicyclic amines) is 1. The molecule has 2 aromatic rings. The second-order valence-corrected chi connectivity index (χ2v) is 8.23. The van der Waals surface area contributed by atoms with E-state index in [-0.39, 0.29) is 18.1 Å². The smallest absolute Gasteiger partial charge is 0.320 e. The van der Waals surface area contributed by atoms with Crippen LogP contribution in [0.25, 0.3) is 10.9 Å². The van der Waals surface area contributed by atoms with Gasteiger partial charge in [0.1, 0.15) is 12.4 Å². The van der Waals surface area contributed by atoms with E-state index in [9.17, 15) is 9.59 Å². The van der Waals surface area contributed by atoms with Crippen LogP contribution in [0.1, 0.15) is 25.1 Å². The van der Waals surface area contributed by atoms with E-state index in [4.69, 9.17) is 4.74 Å². The molecule has 1 aliphatic heterocycles. The molecular weight excluding hydrogens is 466 g/mol. The number of carbonyl (C=O) groups is 1. The van der Waals surface area contributed by atoms with Crippen molar-refractivity contribution in [3.8, 4) is 0 Å². The van der Waals surface area contributed by atoms with E-state index in [1.54, 1.807) is 17.6 Å². The maximum atomic E-state index is 12.8. The fraction of sp³-hybridized carbons (Fsp3) is 0.500. The summed E-state index contributed by atoms with van der Waals surface area (Å²) in [5.74, 6) is 0.356. The largest absolute Gasteiger partial charge is 0.463 e. The van der Waals surface area contributed by atoms with Gasteiger partial charge in [0.2, 0.25) is 0 Å². The Morgan fingerprint density at radius 1 is 1.23 bits per heavy atom. The first kappa shape index (κ1) is 19.5. The average Bonchev–Trinajstić information content (AvgIpc) is 2.60. The maximum Gasteiger partial charge on any atom is 0.320 e. The highest BCUT2D eigenvalue weighted by atomic mass is 79.9. The molecule has 0 bridgehead atoms. The van der Waals surface area contributed by atoms with Crippen LogP contribution in [0, 0.1) is 6.92 Å². The third-order valence-corrected chi connectivity index (χ3v) is 5.61. The predicted molar refractivity (Wildman–Crippen MR) is 107 cm³/mol. The van der Waals surface area contributed by atoms with Gasteiger partial charge in [0.15, 0.2) is 0 Å². The first-order chi connectivity index (χ1) is 12.5. The summed E-state index contributed by atoms with van der Waals surface area (Å²) in [7, 11) is 0.